The third-order valence-corrected chi connectivity index (χ3v) is 1.97. The van der Waals surface area contributed by atoms with Crippen LogP contribution in [0, 0.1) is 0 Å². The Labute approximate surface area is 105 Å². The minimum Gasteiger partial charge on any atom is -0.384 e. The molecule has 0 aliphatic heterocycles. The van der Waals surface area contributed by atoms with Crippen LogP contribution in [-0.4, -0.2) is 31.2 Å². The van der Waals surface area contributed by atoms with E-state index in [9.17, 15) is 22.0 Å². The molecule has 0 spiro atoms. The van der Waals surface area contributed by atoms with Gasteiger partial charge in [-0.15, -0.1) is 0 Å². The summed E-state index contributed by atoms with van der Waals surface area (Å²) in [6.07, 6.45) is -7.11. The molecule has 0 amide bonds. The van der Waals surface area contributed by atoms with Gasteiger partial charge in [-0.3, -0.25) is 0 Å². The van der Waals surface area contributed by atoms with Gasteiger partial charge in [-0.25, -0.2) is 13.8 Å². The second kappa shape index (κ2) is 6.50. The maximum absolute atomic E-state index is 12.5. The van der Waals surface area contributed by atoms with Crippen LogP contribution >= 0.6 is 0 Å². The molecular formula is C10H12F5N3O. The summed E-state index contributed by atoms with van der Waals surface area (Å²) in [6.45, 7) is -0.761. The van der Waals surface area contributed by atoms with Crippen molar-refractivity contribution < 1.29 is 26.7 Å². The SMILES string of the molecule is Nc1cc(C(F)(F)F)cc(NCCOCC(F)F)n1. The van der Waals surface area contributed by atoms with E-state index in [-0.39, 0.29) is 24.8 Å². The molecule has 0 unspecified atom stereocenters. The van der Waals surface area contributed by atoms with Crippen LogP contribution in [0.3, 0.4) is 0 Å². The average Bonchev–Trinajstić information content (AvgIpc) is 2.26. The Morgan fingerprint density at radius 2 is 2.00 bits per heavy atom. The Kier molecular flexibility index (Phi) is 5.28. The molecular weight excluding hydrogens is 273 g/mol. The minimum atomic E-state index is -4.53. The van der Waals surface area contributed by atoms with Crippen molar-refractivity contribution in [3.05, 3.63) is 17.7 Å². The maximum Gasteiger partial charge on any atom is 0.416 e. The lowest BCUT2D eigenvalue weighted by atomic mass is 10.2. The van der Waals surface area contributed by atoms with Gasteiger partial charge in [-0.1, -0.05) is 0 Å². The van der Waals surface area contributed by atoms with Crippen LogP contribution in [-0.2, 0) is 10.9 Å². The molecule has 1 rings (SSSR count). The number of nitrogens with zero attached hydrogens (tertiary/aromatic N) is 1. The Balaban J connectivity index is 2.52. The number of hydrogen-bond donors (Lipinski definition) is 2. The quantitative estimate of drug-likeness (QED) is 0.622. The second-order valence-corrected chi connectivity index (χ2v) is 3.56. The van der Waals surface area contributed by atoms with Gasteiger partial charge >= 0.3 is 6.18 Å². The number of alkyl halides is 5. The van der Waals surface area contributed by atoms with Crippen LogP contribution < -0.4 is 11.1 Å². The molecule has 3 N–H and O–H groups in total. The van der Waals surface area contributed by atoms with Gasteiger partial charge in [0.25, 0.3) is 6.43 Å². The van der Waals surface area contributed by atoms with Crippen LogP contribution in [0.15, 0.2) is 12.1 Å². The number of ether oxygens (including phenoxy) is 1. The Bertz CT molecular complexity index is 411. The number of nitrogens with two attached hydrogens (primary N) is 1. The second-order valence-electron chi connectivity index (χ2n) is 3.56. The highest BCUT2D eigenvalue weighted by atomic mass is 19.4. The lowest BCUT2D eigenvalue weighted by molar-refractivity contribution is -0.137. The molecule has 0 saturated heterocycles. The highest BCUT2D eigenvalue weighted by Gasteiger charge is 2.31. The number of halogens is 5. The first kappa shape index (κ1) is 15.4. The highest BCUT2D eigenvalue weighted by Crippen LogP contribution is 2.31. The predicted molar refractivity (Wildman–Crippen MR) is 59.0 cm³/mol. The van der Waals surface area contributed by atoms with Crippen LogP contribution in [0.2, 0.25) is 0 Å². The molecule has 0 fully saturated rings. The highest BCUT2D eigenvalue weighted by molar-refractivity contribution is 5.47. The van der Waals surface area contributed by atoms with Gasteiger partial charge in [0.05, 0.1) is 12.2 Å². The fourth-order valence-corrected chi connectivity index (χ4v) is 1.23. The minimum absolute atomic E-state index is 0.0421. The lowest BCUT2D eigenvalue weighted by Crippen LogP contribution is -2.15. The average molecular weight is 285 g/mol. The number of anilines is 2. The van der Waals surface area contributed by atoms with E-state index in [1.807, 2.05) is 0 Å². The van der Waals surface area contributed by atoms with Crippen LogP contribution in [0.5, 0.6) is 0 Å². The summed E-state index contributed by atoms with van der Waals surface area (Å²) in [5.74, 6) is -0.376. The largest absolute Gasteiger partial charge is 0.416 e. The number of hydrogen-bond acceptors (Lipinski definition) is 4. The maximum atomic E-state index is 12.5. The van der Waals surface area contributed by atoms with E-state index in [1.54, 1.807) is 0 Å². The van der Waals surface area contributed by atoms with E-state index in [0.717, 1.165) is 6.07 Å². The molecule has 4 nitrogen and oxygen atoms in total. The summed E-state index contributed by atoms with van der Waals surface area (Å²) >= 11 is 0. The smallest absolute Gasteiger partial charge is 0.384 e. The van der Waals surface area contributed by atoms with E-state index in [4.69, 9.17) is 5.73 Å². The lowest BCUT2D eigenvalue weighted by Gasteiger charge is -2.11. The fraction of sp³-hybridized carbons (Fsp3) is 0.500. The van der Waals surface area contributed by atoms with Gasteiger partial charge in [-0.05, 0) is 12.1 Å². The number of rotatable bonds is 6. The molecule has 1 heterocycles. The fourth-order valence-electron chi connectivity index (χ4n) is 1.23. The van der Waals surface area contributed by atoms with E-state index >= 15 is 0 Å². The van der Waals surface area contributed by atoms with Gasteiger partial charge < -0.3 is 15.8 Å². The van der Waals surface area contributed by atoms with Gasteiger partial charge in [0.1, 0.15) is 18.2 Å². The molecule has 0 aliphatic rings. The van der Waals surface area contributed by atoms with Crippen molar-refractivity contribution in [3.63, 3.8) is 0 Å². The van der Waals surface area contributed by atoms with Gasteiger partial charge in [0, 0.05) is 6.54 Å². The van der Waals surface area contributed by atoms with Crippen molar-refractivity contribution in [3.8, 4) is 0 Å². The Morgan fingerprint density at radius 1 is 1.32 bits per heavy atom. The van der Waals surface area contributed by atoms with E-state index in [2.05, 4.69) is 15.0 Å². The third-order valence-electron chi connectivity index (χ3n) is 1.97. The molecule has 0 atom stereocenters. The van der Waals surface area contributed by atoms with Gasteiger partial charge in [0.2, 0.25) is 0 Å². The predicted octanol–water partition coefficient (Wildman–Crippen LogP) is 2.38. The molecule has 108 valence electrons. The zero-order valence-electron chi connectivity index (χ0n) is 9.68. The Hall–Kier alpha value is -1.64. The van der Waals surface area contributed by atoms with Crippen molar-refractivity contribution >= 4 is 11.6 Å². The summed E-state index contributed by atoms with van der Waals surface area (Å²) < 4.78 is 65.4. The van der Waals surface area contributed by atoms with Gasteiger partial charge in [0.15, 0.2) is 0 Å². The van der Waals surface area contributed by atoms with E-state index in [0.29, 0.717) is 6.07 Å². The van der Waals surface area contributed by atoms with Crippen molar-refractivity contribution in [1.29, 1.82) is 0 Å². The van der Waals surface area contributed by atoms with Gasteiger partial charge in [-0.2, -0.15) is 13.2 Å². The molecule has 0 bridgehead atoms. The monoisotopic (exact) mass is 285 g/mol. The molecule has 0 aromatic carbocycles. The molecule has 0 radical (unpaired) electrons. The first-order chi connectivity index (χ1) is 8.79. The Morgan fingerprint density at radius 3 is 2.58 bits per heavy atom. The van der Waals surface area contributed by atoms with Crippen molar-refractivity contribution in [1.82, 2.24) is 4.98 Å². The summed E-state index contributed by atoms with van der Waals surface area (Å²) in [6, 6.07) is 1.49. The summed E-state index contributed by atoms with van der Waals surface area (Å²) in [5, 5.41) is 2.51. The first-order valence-electron chi connectivity index (χ1n) is 5.23. The number of pyridine rings is 1. The van der Waals surface area contributed by atoms with Crippen LogP contribution in [0.1, 0.15) is 5.56 Å². The number of nitrogens with one attached hydrogen (secondary N) is 1. The van der Waals surface area contributed by atoms with Crippen molar-refractivity contribution in [2.45, 2.75) is 12.6 Å². The van der Waals surface area contributed by atoms with Crippen LogP contribution in [0.25, 0.3) is 0 Å². The normalized spacial score (nSPS) is 11.9. The molecule has 1 aromatic rings. The molecule has 0 aliphatic carbocycles. The van der Waals surface area contributed by atoms with Crippen LogP contribution in [0.4, 0.5) is 33.6 Å². The molecule has 19 heavy (non-hydrogen) atoms. The first-order valence-corrected chi connectivity index (χ1v) is 5.23. The van der Waals surface area contributed by atoms with E-state index < -0.39 is 24.8 Å². The third kappa shape index (κ3) is 5.69. The van der Waals surface area contributed by atoms with E-state index in [1.165, 1.54) is 0 Å². The van der Waals surface area contributed by atoms with Crippen molar-refractivity contribution in [2.75, 3.05) is 30.8 Å². The van der Waals surface area contributed by atoms with Crippen molar-refractivity contribution in [2.24, 2.45) is 0 Å². The zero-order chi connectivity index (χ0) is 14.5. The molecule has 0 saturated carbocycles. The summed E-state index contributed by atoms with van der Waals surface area (Å²) in [4.78, 5) is 3.64. The molecule has 1 aromatic heterocycles. The molecule has 9 heteroatoms. The number of nitrogen functional groups attached to an aromatic ring is 1. The zero-order valence-corrected chi connectivity index (χ0v) is 9.68. The topological polar surface area (TPSA) is 60.2 Å². The summed E-state index contributed by atoms with van der Waals surface area (Å²) in [7, 11) is 0. The summed E-state index contributed by atoms with van der Waals surface area (Å²) in [5.41, 5.74) is 4.31. The number of aromatic nitrogens is 1. The standard InChI is InChI=1S/C10H12F5N3O/c11-7(12)5-19-2-1-17-9-4-6(10(13,14)15)3-8(16)18-9/h3-4,7H,1-2,5H2,(H3,16,17,18).